The summed E-state index contributed by atoms with van der Waals surface area (Å²) in [7, 11) is 0. The summed E-state index contributed by atoms with van der Waals surface area (Å²) in [5, 5.41) is 10.3. The Kier molecular flexibility index (Phi) is 4.30. The van der Waals surface area contributed by atoms with Crippen LogP contribution in [0.4, 0.5) is 0 Å². The first-order valence-corrected chi connectivity index (χ1v) is 7.16. The van der Waals surface area contributed by atoms with Gasteiger partial charge in [-0.3, -0.25) is 0 Å². The molecule has 0 heterocycles. The topological polar surface area (TPSA) is 20.2 Å². The van der Waals surface area contributed by atoms with E-state index >= 15 is 0 Å². The fourth-order valence-corrected chi connectivity index (χ4v) is 3.65. The SMILES string of the molecule is Cc1ccccc1CS[C@H]1CCCC[C@@H]1O. The summed E-state index contributed by atoms with van der Waals surface area (Å²) in [4.78, 5) is 0. The maximum atomic E-state index is 9.90. The van der Waals surface area contributed by atoms with Crippen molar-refractivity contribution in [2.24, 2.45) is 0 Å². The molecule has 16 heavy (non-hydrogen) atoms. The minimum Gasteiger partial charge on any atom is -0.392 e. The molecular formula is C14H20OS. The molecule has 1 aliphatic carbocycles. The van der Waals surface area contributed by atoms with Crippen LogP contribution in [0.5, 0.6) is 0 Å². The Bertz CT molecular complexity index is 337. The van der Waals surface area contributed by atoms with Crippen LogP contribution in [0.3, 0.4) is 0 Å². The number of thioether (sulfide) groups is 1. The van der Waals surface area contributed by atoms with Gasteiger partial charge in [0.1, 0.15) is 0 Å². The highest BCUT2D eigenvalue weighted by Gasteiger charge is 2.23. The molecule has 0 amide bonds. The van der Waals surface area contributed by atoms with Crippen molar-refractivity contribution in [3.63, 3.8) is 0 Å². The van der Waals surface area contributed by atoms with Gasteiger partial charge in [0.05, 0.1) is 6.10 Å². The van der Waals surface area contributed by atoms with Gasteiger partial charge in [0.25, 0.3) is 0 Å². The molecule has 0 unspecified atom stereocenters. The maximum Gasteiger partial charge on any atom is 0.0658 e. The Morgan fingerprint density at radius 2 is 2.00 bits per heavy atom. The van der Waals surface area contributed by atoms with E-state index in [1.54, 1.807) is 0 Å². The summed E-state index contributed by atoms with van der Waals surface area (Å²) in [5.74, 6) is 1.04. The molecule has 0 bridgehead atoms. The Hall–Kier alpha value is -0.470. The van der Waals surface area contributed by atoms with Gasteiger partial charge >= 0.3 is 0 Å². The number of hydrogen-bond acceptors (Lipinski definition) is 2. The summed E-state index contributed by atoms with van der Waals surface area (Å²) in [6, 6.07) is 8.53. The van der Waals surface area contributed by atoms with E-state index in [1.807, 2.05) is 11.8 Å². The lowest BCUT2D eigenvalue weighted by Crippen LogP contribution is -2.26. The first kappa shape index (κ1) is 12.0. The van der Waals surface area contributed by atoms with Crippen LogP contribution >= 0.6 is 11.8 Å². The van der Waals surface area contributed by atoms with Crippen LogP contribution in [-0.4, -0.2) is 16.5 Å². The van der Waals surface area contributed by atoms with Crippen molar-refractivity contribution in [2.45, 2.75) is 49.7 Å². The molecule has 0 aromatic heterocycles. The van der Waals surface area contributed by atoms with Crippen molar-refractivity contribution < 1.29 is 5.11 Å². The molecule has 1 aromatic rings. The molecule has 1 saturated carbocycles. The predicted molar refractivity (Wildman–Crippen MR) is 70.7 cm³/mol. The lowest BCUT2D eigenvalue weighted by atomic mass is 9.97. The fraction of sp³-hybridized carbons (Fsp3) is 0.571. The maximum absolute atomic E-state index is 9.90. The molecule has 88 valence electrons. The molecular weight excluding hydrogens is 216 g/mol. The first-order chi connectivity index (χ1) is 7.77. The zero-order valence-corrected chi connectivity index (χ0v) is 10.7. The summed E-state index contributed by atoms with van der Waals surface area (Å²) >= 11 is 1.92. The van der Waals surface area contributed by atoms with Crippen molar-refractivity contribution in [3.05, 3.63) is 35.4 Å². The van der Waals surface area contributed by atoms with Gasteiger partial charge in [-0.25, -0.2) is 0 Å². The molecule has 0 spiro atoms. The summed E-state index contributed by atoms with van der Waals surface area (Å²) in [5.41, 5.74) is 2.77. The Morgan fingerprint density at radius 3 is 2.75 bits per heavy atom. The predicted octanol–water partition coefficient (Wildman–Crippen LogP) is 3.53. The number of aryl methyl sites for hydroxylation is 1. The summed E-state index contributed by atoms with van der Waals surface area (Å²) in [6.45, 7) is 2.16. The molecule has 2 atom stereocenters. The molecule has 2 rings (SSSR count). The molecule has 1 aliphatic rings. The second-order valence-corrected chi connectivity index (χ2v) is 5.86. The van der Waals surface area contributed by atoms with Crippen LogP contribution in [-0.2, 0) is 5.75 Å². The zero-order valence-electron chi connectivity index (χ0n) is 9.86. The van der Waals surface area contributed by atoms with E-state index in [0.29, 0.717) is 5.25 Å². The minimum atomic E-state index is -0.0808. The number of rotatable bonds is 3. The lowest BCUT2D eigenvalue weighted by Gasteiger charge is -2.27. The van der Waals surface area contributed by atoms with Crippen molar-refractivity contribution >= 4 is 11.8 Å². The van der Waals surface area contributed by atoms with E-state index in [2.05, 4.69) is 31.2 Å². The minimum absolute atomic E-state index is 0.0808. The van der Waals surface area contributed by atoms with Crippen molar-refractivity contribution in [1.82, 2.24) is 0 Å². The van der Waals surface area contributed by atoms with Gasteiger partial charge in [0.15, 0.2) is 0 Å². The molecule has 1 fully saturated rings. The number of aliphatic hydroxyl groups is 1. The summed E-state index contributed by atoms with van der Waals surface area (Å²) in [6.07, 6.45) is 4.57. The van der Waals surface area contributed by atoms with Crippen molar-refractivity contribution in [2.75, 3.05) is 0 Å². The van der Waals surface area contributed by atoms with Gasteiger partial charge in [0, 0.05) is 11.0 Å². The van der Waals surface area contributed by atoms with E-state index < -0.39 is 0 Å². The number of aliphatic hydroxyl groups excluding tert-OH is 1. The Labute approximate surface area is 102 Å². The number of benzene rings is 1. The van der Waals surface area contributed by atoms with Crippen molar-refractivity contribution in [3.8, 4) is 0 Å². The van der Waals surface area contributed by atoms with E-state index in [4.69, 9.17) is 0 Å². The van der Waals surface area contributed by atoms with Gasteiger partial charge in [-0.2, -0.15) is 11.8 Å². The van der Waals surface area contributed by atoms with Crippen LogP contribution in [0.2, 0.25) is 0 Å². The van der Waals surface area contributed by atoms with E-state index in [0.717, 1.165) is 12.2 Å². The highest BCUT2D eigenvalue weighted by molar-refractivity contribution is 7.99. The lowest BCUT2D eigenvalue weighted by molar-refractivity contribution is 0.137. The van der Waals surface area contributed by atoms with Gasteiger partial charge in [0.2, 0.25) is 0 Å². The monoisotopic (exact) mass is 236 g/mol. The zero-order chi connectivity index (χ0) is 11.4. The Morgan fingerprint density at radius 1 is 1.25 bits per heavy atom. The van der Waals surface area contributed by atoms with Crippen molar-refractivity contribution in [1.29, 1.82) is 0 Å². The molecule has 2 heteroatoms. The Balaban J connectivity index is 1.89. The average Bonchev–Trinajstić information content (AvgIpc) is 2.30. The third-order valence-electron chi connectivity index (χ3n) is 3.38. The third kappa shape index (κ3) is 3.02. The fourth-order valence-electron chi connectivity index (χ4n) is 2.24. The van der Waals surface area contributed by atoms with E-state index in [9.17, 15) is 5.11 Å². The van der Waals surface area contributed by atoms with Crippen LogP contribution in [0.25, 0.3) is 0 Å². The van der Waals surface area contributed by atoms with Crippen LogP contribution in [0, 0.1) is 6.92 Å². The number of hydrogen-bond donors (Lipinski definition) is 1. The van der Waals surface area contributed by atoms with Gasteiger partial charge in [-0.05, 0) is 30.9 Å². The summed E-state index contributed by atoms with van der Waals surface area (Å²) < 4.78 is 0. The second kappa shape index (κ2) is 5.74. The van der Waals surface area contributed by atoms with Gasteiger partial charge < -0.3 is 5.11 Å². The normalized spacial score (nSPS) is 25.6. The van der Waals surface area contributed by atoms with Gasteiger partial charge in [-0.1, -0.05) is 37.1 Å². The molecule has 1 N–H and O–H groups in total. The molecule has 0 aliphatic heterocycles. The largest absolute Gasteiger partial charge is 0.392 e. The van der Waals surface area contributed by atoms with E-state index in [-0.39, 0.29) is 6.10 Å². The molecule has 1 aromatic carbocycles. The smallest absolute Gasteiger partial charge is 0.0658 e. The molecule has 0 saturated heterocycles. The highest BCUT2D eigenvalue weighted by Crippen LogP contribution is 2.31. The van der Waals surface area contributed by atoms with Gasteiger partial charge in [-0.15, -0.1) is 0 Å². The highest BCUT2D eigenvalue weighted by atomic mass is 32.2. The standard InChI is InChI=1S/C14H20OS/c1-11-6-2-3-7-12(11)10-16-14-9-5-4-8-13(14)15/h2-3,6-7,13-15H,4-5,8-10H2,1H3/t13-,14-/m0/s1. The molecule has 1 nitrogen and oxygen atoms in total. The third-order valence-corrected chi connectivity index (χ3v) is 4.84. The van der Waals surface area contributed by atoms with Crippen LogP contribution in [0.1, 0.15) is 36.8 Å². The average molecular weight is 236 g/mol. The van der Waals surface area contributed by atoms with Crippen LogP contribution < -0.4 is 0 Å². The first-order valence-electron chi connectivity index (χ1n) is 6.11. The molecule has 0 radical (unpaired) electrons. The van der Waals surface area contributed by atoms with Crippen LogP contribution in [0.15, 0.2) is 24.3 Å². The quantitative estimate of drug-likeness (QED) is 0.866. The van der Waals surface area contributed by atoms with E-state index in [1.165, 1.54) is 30.4 Å². The second-order valence-electron chi connectivity index (χ2n) is 4.63.